The Morgan fingerprint density at radius 2 is 0.704 bits per heavy atom. The molecular weight excluding hydrogens is 1410 g/mol. The minimum atomic E-state index is 0.620. The van der Waals surface area contributed by atoms with Crippen LogP contribution in [0.15, 0.2) is 243 Å². The van der Waals surface area contributed by atoms with Crippen LogP contribution in [-0.2, 0) is 41.0 Å². The van der Waals surface area contributed by atoms with Gasteiger partial charge in [-0.25, -0.2) is 38.2 Å². The van der Waals surface area contributed by atoms with Crippen molar-refractivity contribution in [3.63, 3.8) is 0 Å². The highest BCUT2D eigenvalue weighted by atomic mass is 16.4. The molecule has 0 saturated heterocycles. The van der Waals surface area contributed by atoms with Gasteiger partial charge in [-0.15, -0.1) is 0 Å². The Kier molecular flexibility index (Phi) is 19.0. The van der Waals surface area contributed by atoms with Crippen molar-refractivity contribution in [2.45, 2.75) is 115 Å². The van der Waals surface area contributed by atoms with E-state index in [1.165, 1.54) is 132 Å². The van der Waals surface area contributed by atoms with Crippen LogP contribution in [0.2, 0.25) is 0 Å². The average molecular weight is 1510 g/mol. The standard InChI is InChI=1S/C28H27N2O.C26H25N2O.C25H23N2O.C24H21N2O/c1-18-11-12-23-26-22-10-6-5-9-21(22)17-29-28(26)31-27(23)25(18)24-16-20(13-14-30(24)2)15-19-7-3-4-8-19;1-16(2)13-18-11-12-28(4)22(14-18)23-17(3)9-10-21-24-20-8-6-5-7-19(20)15-27-26(24)29-25(21)23;1-14-11-20(27(5)13-17(14)4)21-15(2)10-16(3)22-23-19-9-7-6-8-18(19)12-26-25(23)28-24(21)22;1-14-9-10-26(4)19(11-14)20-15(2)12-16(3)21-22-18-8-6-5-7-17(18)13-25-24(22)27-23(20)21/h5-6,9-14,16-17,19H,3-4,7-8,15H2,1-2H3;5-12,14-16H,13H2,1-4H3;6-13H,1-5H3;5-13H,1-4H3/q4*+1. The van der Waals surface area contributed by atoms with Crippen LogP contribution in [0.25, 0.3) is 176 Å². The molecule has 1 aliphatic rings. The summed E-state index contributed by atoms with van der Waals surface area (Å²) in [6.45, 7) is 23.9. The number of aromatic nitrogens is 8. The highest BCUT2D eigenvalue weighted by Gasteiger charge is 2.30. The van der Waals surface area contributed by atoms with Gasteiger partial charge in [-0.05, 0) is 164 Å². The summed E-state index contributed by atoms with van der Waals surface area (Å²) in [4.78, 5) is 18.5. The van der Waals surface area contributed by atoms with Gasteiger partial charge >= 0.3 is 0 Å². The van der Waals surface area contributed by atoms with E-state index < -0.39 is 0 Å². The summed E-state index contributed by atoms with van der Waals surface area (Å²) < 4.78 is 34.3. The monoisotopic (exact) mass is 1510 g/mol. The molecule has 1 aliphatic carbocycles. The number of aryl methyl sites for hydroxylation is 13. The van der Waals surface area contributed by atoms with E-state index in [1.54, 1.807) is 0 Å². The lowest BCUT2D eigenvalue weighted by molar-refractivity contribution is -0.660. The third-order valence-corrected chi connectivity index (χ3v) is 24.1. The summed E-state index contributed by atoms with van der Waals surface area (Å²) in [5, 5.41) is 18.3. The maximum absolute atomic E-state index is 6.43. The average Bonchev–Trinajstić information content (AvgIpc) is 1.61. The van der Waals surface area contributed by atoms with E-state index in [9.17, 15) is 0 Å². The van der Waals surface area contributed by atoms with E-state index in [1.807, 2.05) is 36.9 Å². The molecule has 0 N–H and O–H groups in total. The van der Waals surface area contributed by atoms with Gasteiger partial charge in [0, 0.05) is 116 Å². The summed E-state index contributed by atoms with van der Waals surface area (Å²) in [6.07, 6.45) is 24.0. The summed E-state index contributed by atoms with van der Waals surface area (Å²) >= 11 is 0. The van der Waals surface area contributed by atoms with Crippen LogP contribution in [0, 0.1) is 74.1 Å². The van der Waals surface area contributed by atoms with Gasteiger partial charge < -0.3 is 17.7 Å². The molecule has 12 heterocycles. The zero-order valence-corrected chi connectivity index (χ0v) is 68.5. The van der Waals surface area contributed by atoms with Crippen molar-refractivity contribution in [2.24, 2.45) is 40.0 Å². The third-order valence-electron chi connectivity index (χ3n) is 24.1. The van der Waals surface area contributed by atoms with Crippen molar-refractivity contribution in [2.75, 3.05) is 0 Å². The molecule has 568 valence electrons. The van der Waals surface area contributed by atoms with E-state index in [0.29, 0.717) is 28.8 Å². The Morgan fingerprint density at radius 1 is 0.330 bits per heavy atom. The van der Waals surface area contributed by atoms with Gasteiger partial charge in [0.25, 0.3) is 0 Å². The van der Waals surface area contributed by atoms with E-state index in [4.69, 9.17) is 17.7 Å². The third kappa shape index (κ3) is 13.1. The molecule has 12 heteroatoms. The normalized spacial score (nSPS) is 12.6. The van der Waals surface area contributed by atoms with Gasteiger partial charge in [0.2, 0.25) is 45.6 Å². The molecule has 0 unspecified atom stereocenters. The second-order valence-electron chi connectivity index (χ2n) is 32.8. The van der Waals surface area contributed by atoms with Crippen LogP contribution in [0.4, 0.5) is 0 Å². The molecule has 1 saturated carbocycles. The summed E-state index contributed by atoms with van der Waals surface area (Å²) in [7, 11) is 8.41. The Hall–Kier alpha value is -12.8. The predicted octanol–water partition coefficient (Wildman–Crippen LogP) is 24.2. The number of nitrogens with zero attached hydrogens (tertiary/aromatic N) is 8. The van der Waals surface area contributed by atoms with Crippen molar-refractivity contribution in [3.05, 3.63) is 287 Å². The molecule has 1 fully saturated rings. The first-order valence-corrected chi connectivity index (χ1v) is 40.4. The molecule has 0 radical (unpaired) electrons. The van der Waals surface area contributed by atoms with Crippen molar-refractivity contribution in [3.8, 4) is 45.0 Å². The zero-order valence-electron chi connectivity index (χ0n) is 68.5. The first kappa shape index (κ1) is 73.7. The number of pyridine rings is 8. The number of benzene rings is 8. The molecule has 0 aliphatic heterocycles. The Labute approximate surface area is 669 Å². The summed E-state index contributed by atoms with van der Waals surface area (Å²) in [5.41, 5.74) is 29.7. The maximum Gasteiger partial charge on any atom is 0.227 e. The number of furan rings is 4. The zero-order chi connectivity index (χ0) is 79.4. The fourth-order valence-corrected chi connectivity index (χ4v) is 18.3. The van der Waals surface area contributed by atoms with Crippen molar-refractivity contribution in [1.29, 1.82) is 0 Å². The van der Waals surface area contributed by atoms with E-state index in [-0.39, 0.29) is 0 Å². The van der Waals surface area contributed by atoms with Crippen LogP contribution in [0.5, 0.6) is 0 Å². The van der Waals surface area contributed by atoms with E-state index >= 15 is 0 Å². The largest absolute Gasteiger partial charge is 0.437 e. The molecule has 12 aromatic heterocycles. The molecule has 8 aromatic carbocycles. The molecule has 115 heavy (non-hydrogen) atoms. The number of rotatable bonds is 8. The van der Waals surface area contributed by atoms with E-state index in [0.717, 1.165) is 127 Å². The molecule has 20 aromatic rings. The van der Waals surface area contributed by atoms with Gasteiger partial charge in [-0.1, -0.05) is 173 Å². The Balaban J connectivity index is 0.000000106. The van der Waals surface area contributed by atoms with Gasteiger partial charge in [-0.3, -0.25) is 0 Å². The number of fused-ring (bicyclic) bond motifs is 20. The first-order chi connectivity index (χ1) is 55.7. The number of hydrogen-bond acceptors (Lipinski definition) is 8. The van der Waals surface area contributed by atoms with Crippen LogP contribution in [0.1, 0.15) is 101 Å². The number of hydrogen-bond donors (Lipinski definition) is 0. The molecule has 12 nitrogen and oxygen atoms in total. The molecule has 0 bridgehead atoms. The fourth-order valence-electron chi connectivity index (χ4n) is 18.3. The van der Waals surface area contributed by atoms with Crippen LogP contribution < -0.4 is 18.3 Å². The highest BCUT2D eigenvalue weighted by Crippen LogP contribution is 2.46. The molecule has 0 amide bonds. The van der Waals surface area contributed by atoms with Crippen LogP contribution in [0.3, 0.4) is 0 Å². The second-order valence-corrected chi connectivity index (χ2v) is 32.8. The van der Waals surface area contributed by atoms with Crippen molar-refractivity contribution >= 4 is 131 Å². The van der Waals surface area contributed by atoms with Gasteiger partial charge in [0.15, 0.2) is 47.1 Å². The van der Waals surface area contributed by atoms with Gasteiger partial charge in [0.05, 0.1) is 43.8 Å². The minimum Gasteiger partial charge on any atom is -0.437 e. The Morgan fingerprint density at radius 3 is 1.16 bits per heavy atom. The lowest BCUT2D eigenvalue weighted by Gasteiger charge is -2.10. The summed E-state index contributed by atoms with van der Waals surface area (Å²) in [5.74, 6) is 1.45. The highest BCUT2D eigenvalue weighted by molar-refractivity contribution is 6.24. The fraction of sp³-hybridized carbons (Fsp3) is 0.223. The minimum absolute atomic E-state index is 0.620. The Bertz CT molecular complexity index is 7330. The SMILES string of the molecule is Cc1cc(-c2c(C)cc(C)c3c2oc2ncc4ccccc4c23)[n+](C)cc1C.Cc1cc[n+](C)c(-c2c(C)cc(C)c3c2oc2ncc4ccccc4c23)c1.Cc1ccc2c(oc3ncc4ccccc4c32)c1-c1cc(CC(C)C)cc[n+]1C.Cc1ccc2c(oc3ncc4ccccc4c32)c1-c1cc(CC2CCCC2)cc[n+]1C. The first-order valence-electron chi connectivity index (χ1n) is 40.4. The van der Waals surface area contributed by atoms with Crippen LogP contribution in [-0.4, -0.2) is 19.9 Å². The smallest absolute Gasteiger partial charge is 0.227 e. The van der Waals surface area contributed by atoms with Gasteiger partial charge in [0.1, 0.15) is 28.2 Å². The van der Waals surface area contributed by atoms with Crippen molar-refractivity contribution in [1.82, 2.24) is 19.9 Å². The maximum atomic E-state index is 6.43. The molecular formula is C103H96N8O4+4. The predicted molar refractivity (Wildman–Crippen MR) is 469 cm³/mol. The van der Waals surface area contributed by atoms with Crippen LogP contribution >= 0.6 is 0 Å². The quantitative estimate of drug-likeness (QED) is 0.138. The van der Waals surface area contributed by atoms with Crippen molar-refractivity contribution < 1.29 is 35.9 Å². The summed E-state index contributed by atoms with van der Waals surface area (Å²) in [6, 6.07) is 62.7. The lowest BCUT2D eigenvalue weighted by atomic mass is 9.95. The molecule has 0 atom stereocenters. The lowest BCUT2D eigenvalue weighted by Crippen LogP contribution is -2.31. The van der Waals surface area contributed by atoms with Gasteiger partial charge in [-0.2, -0.15) is 0 Å². The molecule has 21 rings (SSSR count). The topological polar surface area (TPSA) is 120 Å². The second kappa shape index (κ2) is 29.6. The van der Waals surface area contributed by atoms with E-state index in [2.05, 4.69) is 331 Å². The molecule has 0 spiro atoms.